The van der Waals surface area contributed by atoms with Gasteiger partial charge in [0.1, 0.15) is 0 Å². The van der Waals surface area contributed by atoms with E-state index in [0.29, 0.717) is 6.04 Å². The molecule has 3 heteroatoms. The number of aryl methyl sites for hydroxylation is 1. The molecule has 0 bridgehead atoms. The molecule has 2 atom stereocenters. The quantitative estimate of drug-likeness (QED) is 0.821. The Morgan fingerprint density at radius 1 is 1.38 bits per heavy atom. The summed E-state index contributed by atoms with van der Waals surface area (Å²) >= 11 is 0. The third-order valence-electron chi connectivity index (χ3n) is 3.95. The average Bonchev–Trinajstić information content (AvgIpc) is 2.86. The number of fused-ring (bicyclic) bond motifs is 1. The lowest BCUT2D eigenvalue weighted by atomic mass is 10.1. The number of nitrogens with zero attached hydrogens (tertiary/aromatic N) is 2. The van der Waals surface area contributed by atoms with Crippen LogP contribution in [-0.4, -0.2) is 35.1 Å². The smallest absolute Gasteiger partial charge is 0.0603 e. The van der Waals surface area contributed by atoms with Gasteiger partial charge >= 0.3 is 0 Å². The molecule has 0 saturated carbocycles. The first kappa shape index (κ1) is 10.1. The summed E-state index contributed by atoms with van der Waals surface area (Å²) in [6.07, 6.45) is 5.86. The average molecular weight is 217 g/mol. The largest absolute Gasteiger partial charge is 0.379 e. The zero-order valence-corrected chi connectivity index (χ0v) is 9.82. The molecule has 2 fully saturated rings. The second-order valence-electron chi connectivity index (χ2n) is 4.92. The third kappa shape index (κ3) is 1.69. The molecule has 3 heterocycles. The summed E-state index contributed by atoms with van der Waals surface area (Å²) < 4.78 is 0. The van der Waals surface area contributed by atoms with Gasteiger partial charge in [0.15, 0.2) is 0 Å². The van der Waals surface area contributed by atoms with Gasteiger partial charge in [0.2, 0.25) is 0 Å². The summed E-state index contributed by atoms with van der Waals surface area (Å²) in [6.45, 7) is 4.64. The van der Waals surface area contributed by atoms with Crippen LogP contribution < -0.4 is 5.32 Å². The molecule has 1 aromatic rings. The molecule has 0 amide bonds. The van der Waals surface area contributed by atoms with Crippen molar-refractivity contribution < 1.29 is 0 Å². The SMILES string of the molecule is Cc1ncccc1NC1CCN2CCCC12. The van der Waals surface area contributed by atoms with Gasteiger partial charge in [-0.1, -0.05) is 0 Å². The van der Waals surface area contributed by atoms with E-state index in [1.54, 1.807) is 0 Å². The van der Waals surface area contributed by atoms with E-state index in [-0.39, 0.29) is 0 Å². The summed E-state index contributed by atoms with van der Waals surface area (Å²) in [4.78, 5) is 6.96. The Labute approximate surface area is 96.9 Å². The number of hydrogen-bond donors (Lipinski definition) is 1. The monoisotopic (exact) mass is 217 g/mol. The number of rotatable bonds is 2. The minimum atomic E-state index is 0.630. The van der Waals surface area contributed by atoms with Gasteiger partial charge in [-0.3, -0.25) is 9.88 Å². The fourth-order valence-corrected chi connectivity index (χ4v) is 3.09. The molecule has 0 aromatic carbocycles. The van der Waals surface area contributed by atoms with Crippen molar-refractivity contribution in [2.75, 3.05) is 18.4 Å². The Bertz CT molecular complexity index is 377. The third-order valence-corrected chi connectivity index (χ3v) is 3.95. The highest BCUT2D eigenvalue weighted by Crippen LogP contribution is 2.30. The van der Waals surface area contributed by atoms with Crippen LogP contribution in [0.1, 0.15) is 25.0 Å². The lowest BCUT2D eigenvalue weighted by molar-refractivity contribution is 0.318. The van der Waals surface area contributed by atoms with E-state index in [0.717, 1.165) is 11.7 Å². The van der Waals surface area contributed by atoms with Crippen molar-refractivity contribution in [1.82, 2.24) is 9.88 Å². The summed E-state index contributed by atoms with van der Waals surface area (Å²) in [6, 6.07) is 5.54. The van der Waals surface area contributed by atoms with Crippen molar-refractivity contribution in [1.29, 1.82) is 0 Å². The highest BCUT2D eigenvalue weighted by atomic mass is 15.2. The maximum Gasteiger partial charge on any atom is 0.0603 e. The van der Waals surface area contributed by atoms with Gasteiger partial charge in [-0.2, -0.15) is 0 Å². The molecule has 2 aliphatic rings. The van der Waals surface area contributed by atoms with Gasteiger partial charge in [0.05, 0.1) is 11.4 Å². The van der Waals surface area contributed by atoms with E-state index in [2.05, 4.69) is 28.2 Å². The molecular formula is C13H19N3. The summed E-state index contributed by atoms with van der Waals surface area (Å²) in [5.41, 5.74) is 2.32. The van der Waals surface area contributed by atoms with Gasteiger partial charge in [-0.05, 0) is 44.9 Å². The zero-order chi connectivity index (χ0) is 11.0. The Morgan fingerprint density at radius 2 is 2.31 bits per heavy atom. The van der Waals surface area contributed by atoms with Gasteiger partial charge in [-0.25, -0.2) is 0 Å². The Kier molecular flexibility index (Phi) is 2.56. The van der Waals surface area contributed by atoms with E-state index >= 15 is 0 Å². The Balaban J connectivity index is 1.73. The van der Waals surface area contributed by atoms with Crippen molar-refractivity contribution in [2.24, 2.45) is 0 Å². The highest BCUT2D eigenvalue weighted by Gasteiger charge is 2.37. The summed E-state index contributed by atoms with van der Waals surface area (Å²) in [7, 11) is 0. The van der Waals surface area contributed by atoms with Gasteiger partial charge in [0, 0.05) is 24.8 Å². The lowest BCUT2D eigenvalue weighted by Gasteiger charge is -2.22. The Hall–Kier alpha value is -1.09. The number of hydrogen-bond acceptors (Lipinski definition) is 3. The zero-order valence-electron chi connectivity index (χ0n) is 9.82. The van der Waals surface area contributed by atoms with Crippen LogP contribution in [0.15, 0.2) is 18.3 Å². The maximum atomic E-state index is 4.33. The standard InChI is InChI=1S/C13H19N3/c1-10-11(4-2-7-14-10)15-12-6-9-16-8-3-5-13(12)16/h2,4,7,12-13,15H,3,5-6,8-9H2,1H3. The molecule has 3 rings (SSSR count). The molecule has 16 heavy (non-hydrogen) atoms. The first-order valence-electron chi connectivity index (χ1n) is 6.27. The van der Waals surface area contributed by atoms with E-state index in [1.807, 2.05) is 12.3 Å². The van der Waals surface area contributed by atoms with Crippen molar-refractivity contribution in [3.63, 3.8) is 0 Å². The van der Waals surface area contributed by atoms with Crippen LogP contribution in [0.2, 0.25) is 0 Å². The molecule has 2 unspecified atom stereocenters. The first-order chi connectivity index (χ1) is 7.84. The molecule has 86 valence electrons. The van der Waals surface area contributed by atoms with Gasteiger partial charge in [-0.15, -0.1) is 0 Å². The predicted molar refractivity (Wildman–Crippen MR) is 65.6 cm³/mol. The molecule has 2 saturated heterocycles. The van der Waals surface area contributed by atoms with Crippen LogP contribution in [0.5, 0.6) is 0 Å². The van der Waals surface area contributed by atoms with Gasteiger partial charge in [0.25, 0.3) is 0 Å². The molecule has 0 aliphatic carbocycles. The molecular weight excluding hydrogens is 198 g/mol. The van der Waals surface area contributed by atoms with Crippen LogP contribution in [0, 0.1) is 6.92 Å². The van der Waals surface area contributed by atoms with Crippen LogP contribution in [-0.2, 0) is 0 Å². The van der Waals surface area contributed by atoms with Crippen LogP contribution in [0.25, 0.3) is 0 Å². The molecule has 0 spiro atoms. The molecule has 0 radical (unpaired) electrons. The lowest BCUT2D eigenvalue weighted by Crippen LogP contribution is -2.33. The predicted octanol–water partition coefficient (Wildman–Crippen LogP) is 2.04. The molecule has 1 aromatic heterocycles. The van der Waals surface area contributed by atoms with Crippen molar-refractivity contribution in [2.45, 2.75) is 38.3 Å². The van der Waals surface area contributed by atoms with E-state index < -0.39 is 0 Å². The molecule has 2 aliphatic heterocycles. The minimum Gasteiger partial charge on any atom is -0.379 e. The maximum absolute atomic E-state index is 4.33. The fourth-order valence-electron chi connectivity index (χ4n) is 3.09. The van der Waals surface area contributed by atoms with E-state index in [1.165, 1.54) is 38.0 Å². The fraction of sp³-hybridized carbons (Fsp3) is 0.615. The normalized spacial score (nSPS) is 29.3. The summed E-state index contributed by atoms with van der Waals surface area (Å²) in [5, 5.41) is 3.68. The minimum absolute atomic E-state index is 0.630. The number of anilines is 1. The van der Waals surface area contributed by atoms with E-state index in [4.69, 9.17) is 0 Å². The highest BCUT2D eigenvalue weighted by molar-refractivity contribution is 5.48. The van der Waals surface area contributed by atoms with Crippen LogP contribution in [0.3, 0.4) is 0 Å². The first-order valence-corrected chi connectivity index (χ1v) is 6.27. The van der Waals surface area contributed by atoms with Gasteiger partial charge < -0.3 is 5.32 Å². The van der Waals surface area contributed by atoms with Crippen molar-refractivity contribution in [3.8, 4) is 0 Å². The second kappa shape index (κ2) is 4.06. The van der Waals surface area contributed by atoms with Crippen LogP contribution in [0.4, 0.5) is 5.69 Å². The Morgan fingerprint density at radius 3 is 3.19 bits per heavy atom. The van der Waals surface area contributed by atoms with Crippen LogP contribution >= 0.6 is 0 Å². The van der Waals surface area contributed by atoms with E-state index in [9.17, 15) is 0 Å². The summed E-state index contributed by atoms with van der Waals surface area (Å²) in [5.74, 6) is 0. The van der Waals surface area contributed by atoms with Crippen molar-refractivity contribution >= 4 is 5.69 Å². The molecule has 1 N–H and O–H groups in total. The number of aromatic nitrogens is 1. The van der Waals surface area contributed by atoms with Crippen molar-refractivity contribution in [3.05, 3.63) is 24.0 Å². The topological polar surface area (TPSA) is 28.2 Å². The molecule has 3 nitrogen and oxygen atoms in total. The number of pyridine rings is 1. The number of nitrogens with one attached hydrogen (secondary N) is 1. The second-order valence-corrected chi connectivity index (χ2v) is 4.92.